The summed E-state index contributed by atoms with van der Waals surface area (Å²) in [4.78, 5) is 2.23. The summed E-state index contributed by atoms with van der Waals surface area (Å²) >= 11 is 0. The number of allylic oxidation sites excluding steroid dienone is 1. The third-order valence-electron chi connectivity index (χ3n) is 2.61. The second kappa shape index (κ2) is 3.49. The van der Waals surface area contributed by atoms with Crippen molar-refractivity contribution in [1.82, 2.24) is 4.90 Å². The second-order valence-electron chi connectivity index (χ2n) is 4.21. The third kappa shape index (κ3) is 1.82. The highest BCUT2D eigenvalue weighted by Crippen LogP contribution is 2.37. The van der Waals surface area contributed by atoms with Crippen LogP contribution in [-0.2, 0) is 0 Å². The summed E-state index contributed by atoms with van der Waals surface area (Å²) in [6.07, 6.45) is 2.56. The molecular weight excluding hydrogens is 170 g/mol. The minimum absolute atomic E-state index is 1.28. The van der Waals surface area contributed by atoms with Gasteiger partial charge in [-0.2, -0.15) is 0 Å². The lowest BCUT2D eigenvalue weighted by Crippen LogP contribution is -2.10. The van der Waals surface area contributed by atoms with E-state index >= 15 is 0 Å². The van der Waals surface area contributed by atoms with E-state index in [4.69, 9.17) is 0 Å². The molecule has 0 amide bonds. The van der Waals surface area contributed by atoms with Crippen LogP contribution in [0.3, 0.4) is 0 Å². The van der Waals surface area contributed by atoms with Crippen LogP contribution in [0.25, 0.3) is 5.70 Å². The fraction of sp³-hybridized carbons (Fsp3) is 0.385. The van der Waals surface area contributed by atoms with Gasteiger partial charge in [-0.25, -0.2) is 0 Å². The summed E-state index contributed by atoms with van der Waals surface area (Å²) < 4.78 is 0. The molecule has 0 unspecified atom stereocenters. The molecule has 0 spiro atoms. The van der Waals surface area contributed by atoms with Crippen molar-refractivity contribution >= 4 is 5.70 Å². The van der Waals surface area contributed by atoms with Gasteiger partial charge >= 0.3 is 0 Å². The second-order valence-corrected chi connectivity index (χ2v) is 4.21. The van der Waals surface area contributed by atoms with Crippen molar-refractivity contribution in [2.45, 2.75) is 19.8 Å². The first-order valence-corrected chi connectivity index (χ1v) is 5.15. The molecule has 0 aromatic heterocycles. The molecule has 1 nitrogen and oxygen atoms in total. The molecular formula is C13H17N. The van der Waals surface area contributed by atoms with Crippen molar-refractivity contribution in [1.29, 1.82) is 0 Å². The van der Waals surface area contributed by atoms with Crippen molar-refractivity contribution in [3.05, 3.63) is 41.0 Å². The standard InChI is InChI=1S/C13H17N/c1-10-4-6-11(7-5-10)13(14(2)3)12-8-9-12/h4-7H,8-9H2,1-3H3. The first kappa shape index (κ1) is 9.32. The minimum Gasteiger partial charge on any atom is -0.377 e. The van der Waals surface area contributed by atoms with Gasteiger partial charge in [0.25, 0.3) is 0 Å². The van der Waals surface area contributed by atoms with Gasteiger partial charge in [0.1, 0.15) is 0 Å². The van der Waals surface area contributed by atoms with E-state index in [0.717, 1.165) is 0 Å². The number of aryl methyl sites for hydroxylation is 1. The molecule has 0 heterocycles. The maximum Gasteiger partial charge on any atom is 0.0426 e. The molecule has 0 aliphatic heterocycles. The van der Waals surface area contributed by atoms with Gasteiger partial charge in [-0.1, -0.05) is 29.8 Å². The summed E-state index contributed by atoms with van der Waals surface area (Å²) in [5.41, 5.74) is 5.70. The molecule has 1 saturated carbocycles. The molecule has 14 heavy (non-hydrogen) atoms. The Morgan fingerprint density at radius 2 is 1.64 bits per heavy atom. The highest BCUT2D eigenvalue weighted by molar-refractivity contribution is 5.69. The molecule has 1 aromatic carbocycles. The highest BCUT2D eigenvalue weighted by atomic mass is 15.1. The van der Waals surface area contributed by atoms with Gasteiger partial charge in [-0.15, -0.1) is 0 Å². The Morgan fingerprint density at radius 3 is 2.07 bits per heavy atom. The fourth-order valence-electron chi connectivity index (χ4n) is 1.79. The zero-order valence-electron chi connectivity index (χ0n) is 9.17. The number of hydrogen-bond donors (Lipinski definition) is 0. The first-order chi connectivity index (χ1) is 6.68. The average molecular weight is 187 g/mol. The Kier molecular flexibility index (Phi) is 2.32. The summed E-state index contributed by atoms with van der Waals surface area (Å²) in [5, 5.41) is 0. The Hall–Kier alpha value is -1.24. The van der Waals surface area contributed by atoms with Crippen LogP contribution in [0.5, 0.6) is 0 Å². The van der Waals surface area contributed by atoms with Crippen LogP contribution in [0.4, 0.5) is 0 Å². The van der Waals surface area contributed by atoms with Crippen LogP contribution in [0.15, 0.2) is 29.8 Å². The molecule has 74 valence electrons. The van der Waals surface area contributed by atoms with Gasteiger partial charge in [0.2, 0.25) is 0 Å². The minimum atomic E-state index is 1.28. The smallest absolute Gasteiger partial charge is 0.0426 e. The van der Waals surface area contributed by atoms with Gasteiger partial charge in [-0.3, -0.25) is 0 Å². The molecule has 0 bridgehead atoms. The molecule has 2 rings (SSSR count). The SMILES string of the molecule is Cc1ccc(C(=C2CC2)N(C)C)cc1. The lowest BCUT2D eigenvalue weighted by Gasteiger charge is -2.17. The number of hydrogen-bond acceptors (Lipinski definition) is 1. The summed E-state index contributed by atoms with van der Waals surface area (Å²) in [6, 6.07) is 8.80. The molecule has 0 N–H and O–H groups in total. The van der Waals surface area contributed by atoms with Crippen molar-refractivity contribution in [3.8, 4) is 0 Å². The normalized spacial score (nSPS) is 14.1. The van der Waals surface area contributed by atoms with Crippen LogP contribution < -0.4 is 0 Å². The van der Waals surface area contributed by atoms with E-state index in [1.165, 1.54) is 29.7 Å². The van der Waals surface area contributed by atoms with E-state index in [9.17, 15) is 0 Å². The van der Waals surface area contributed by atoms with Crippen LogP contribution in [0.2, 0.25) is 0 Å². The van der Waals surface area contributed by atoms with Crippen LogP contribution in [-0.4, -0.2) is 19.0 Å². The number of benzene rings is 1. The first-order valence-electron chi connectivity index (χ1n) is 5.15. The molecule has 0 atom stereocenters. The Labute approximate surface area is 86.1 Å². The van der Waals surface area contributed by atoms with E-state index in [1.54, 1.807) is 5.57 Å². The lowest BCUT2D eigenvalue weighted by molar-refractivity contribution is 0.590. The largest absolute Gasteiger partial charge is 0.377 e. The van der Waals surface area contributed by atoms with Crippen LogP contribution in [0, 0.1) is 6.92 Å². The van der Waals surface area contributed by atoms with E-state index in [0.29, 0.717) is 0 Å². The van der Waals surface area contributed by atoms with Gasteiger partial charge in [0, 0.05) is 19.8 Å². The Bertz CT molecular complexity index is 351. The van der Waals surface area contributed by atoms with Gasteiger partial charge in [0.05, 0.1) is 0 Å². The van der Waals surface area contributed by atoms with Crippen molar-refractivity contribution in [2.24, 2.45) is 0 Å². The molecule has 1 heteroatoms. The summed E-state index contributed by atoms with van der Waals surface area (Å²) in [6.45, 7) is 2.13. The van der Waals surface area contributed by atoms with E-state index in [1.807, 2.05) is 0 Å². The average Bonchev–Trinajstić information content (AvgIpc) is 2.92. The predicted octanol–water partition coefficient (Wildman–Crippen LogP) is 3.06. The maximum atomic E-state index is 2.23. The topological polar surface area (TPSA) is 3.24 Å². The van der Waals surface area contributed by atoms with Gasteiger partial charge in [-0.05, 0) is 30.9 Å². The van der Waals surface area contributed by atoms with Crippen molar-refractivity contribution in [3.63, 3.8) is 0 Å². The highest BCUT2D eigenvalue weighted by Gasteiger charge is 2.19. The molecule has 1 aromatic rings. The van der Waals surface area contributed by atoms with Crippen molar-refractivity contribution < 1.29 is 0 Å². The summed E-state index contributed by atoms with van der Waals surface area (Å²) in [7, 11) is 4.25. The number of rotatable bonds is 2. The zero-order valence-corrected chi connectivity index (χ0v) is 9.17. The molecule has 1 aliphatic carbocycles. The fourth-order valence-corrected chi connectivity index (χ4v) is 1.79. The predicted molar refractivity (Wildman–Crippen MR) is 61.0 cm³/mol. The monoisotopic (exact) mass is 187 g/mol. The third-order valence-corrected chi connectivity index (χ3v) is 2.61. The van der Waals surface area contributed by atoms with Crippen LogP contribution in [0.1, 0.15) is 24.0 Å². The van der Waals surface area contributed by atoms with E-state index in [2.05, 4.69) is 50.2 Å². The molecule has 0 radical (unpaired) electrons. The summed E-state index contributed by atoms with van der Waals surface area (Å²) in [5.74, 6) is 0. The maximum absolute atomic E-state index is 2.23. The van der Waals surface area contributed by atoms with E-state index in [-0.39, 0.29) is 0 Å². The van der Waals surface area contributed by atoms with Crippen molar-refractivity contribution in [2.75, 3.05) is 14.1 Å². The molecule has 1 aliphatic rings. The quantitative estimate of drug-likeness (QED) is 0.687. The zero-order chi connectivity index (χ0) is 10.1. The molecule has 1 fully saturated rings. The Morgan fingerprint density at radius 1 is 1.07 bits per heavy atom. The van der Waals surface area contributed by atoms with E-state index < -0.39 is 0 Å². The lowest BCUT2D eigenvalue weighted by atomic mass is 10.1. The number of nitrogens with zero attached hydrogens (tertiary/aromatic N) is 1. The van der Waals surface area contributed by atoms with Gasteiger partial charge in [0.15, 0.2) is 0 Å². The van der Waals surface area contributed by atoms with Crippen LogP contribution >= 0.6 is 0 Å². The molecule has 0 saturated heterocycles. The Balaban J connectivity index is 2.37. The van der Waals surface area contributed by atoms with Gasteiger partial charge < -0.3 is 4.90 Å².